The molecule has 1 atom stereocenters. The molecule has 1 saturated heterocycles. The Kier molecular flexibility index (Phi) is 6.19. The van der Waals surface area contributed by atoms with Gasteiger partial charge in [-0.15, -0.1) is 0 Å². The first-order valence-corrected chi connectivity index (χ1v) is 9.19. The van der Waals surface area contributed by atoms with Gasteiger partial charge in [0, 0.05) is 37.9 Å². The van der Waals surface area contributed by atoms with Crippen LogP contribution in [0.15, 0.2) is 48.5 Å². The lowest BCUT2D eigenvalue weighted by Crippen LogP contribution is -2.52. The van der Waals surface area contributed by atoms with Crippen molar-refractivity contribution >= 4 is 17.3 Å². The van der Waals surface area contributed by atoms with Crippen molar-refractivity contribution in [3.8, 4) is 11.5 Å². The highest BCUT2D eigenvalue weighted by atomic mass is 16.5. The second-order valence-corrected chi connectivity index (χ2v) is 6.59. The van der Waals surface area contributed by atoms with Crippen molar-refractivity contribution in [2.45, 2.75) is 13.0 Å². The van der Waals surface area contributed by atoms with Crippen molar-refractivity contribution in [2.24, 2.45) is 0 Å². The molecule has 0 saturated carbocycles. The van der Waals surface area contributed by atoms with Crippen LogP contribution in [0.3, 0.4) is 0 Å². The van der Waals surface area contributed by atoms with Crippen LogP contribution in [0.1, 0.15) is 6.92 Å². The number of ether oxygens (including phenoxy) is 2. The van der Waals surface area contributed by atoms with E-state index in [0.29, 0.717) is 0 Å². The summed E-state index contributed by atoms with van der Waals surface area (Å²) in [5.41, 5.74) is 1.85. The summed E-state index contributed by atoms with van der Waals surface area (Å²) in [5, 5.41) is 2.98. The van der Waals surface area contributed by atoms with Crippen molar-refractivity contribution in [3.63, 3.8) is 0 Å². The van der Waals surface area contributed by atoms with E-state index in [1.807, 2.05) is 49.4 Å². The third kappa shape index (κ3) is 4.52. The predicted octanol–water partition coefficient (Wildman–Crippen LogP) is 2.85. The fourth-order valence-electron chi connectivity index (χ4n) is 3.35. The minimum Gasteiger partial charge on any atom is -0.497 e. The number of rotatable bonds is 6. The zero-order chi connectivity index (χ0) is 19.2. The standard InChI is InChI=1S/C21H27N3O3/c1-16(21(25)22-17-7-6-8-18(15-17)26-2)23-11-13-24(14-12-23)19-9-4-5-10-20(19)27-3/h4-10,15-16H,11-14H2,1-3H3,(H,22,25)/t16-/m1/s1. The van der Waals surface area contributed by atoms with Crippen LogP contribution in [0.2, 0.25) is 0 Å². The third-order valence-electron chi connectivity index (χ3n) is 5.00. The second-order valence-electron chi connectivity index (χ2n) is 6.59. The molecule has 0 radical (unpaired) electrons. The number of methoxy groups -OCH3 is 2. The maximum absolute atomic E-state index is 12.6. The number of nitrogens with one attached hydrogen (secondary N) is 1. The molecule has 2 aromatic rings. The molecule has 144 valence electrons. The van der Waals surface area contributed by atoms with Gasteiger partial charge in [0.05, 0.1) is 25.9 Å². The summed E-state index contributed by atoms with van der Waals surface area (Å²) in [4.78, 5) is 17.2. The SMILES string of the molecule is COc1cccc(NC(=O)[C@@H](C)N2CCN(c3ccccc3OC)CC2)c1. The largest absolute Gasteiger partial charge is 0.497 e. The number of hydrogen-bond acceptors (Lipinski definition) is 5. The number of carbonyl (C=O) groups excluding carboxylic acids is 1. The molecule has 1 heterocycles. The molecule has 6 nitrogen and oxygen atoms in total. The lowest BCUT2D eigenvalue weighted by atomic mass is 10.2. The third-order valence-corrected chi connectivity index (χ3v) is 5.00. The summed E-state index contributed by atoms with van der Waals surface area (Å²) in [6.07, 6.45) is 0. The molecule has 2 aromatic carbocycles. The first-order valence-electron chi connectivity index (χ1n) is 9.19. The molecular formula is C21H27N3O3. The maximum atomic E-state index is 12.6. The van der Waals surface area contributed by atoms with Gasteiger partial charge >= 0.3 is 0 Å². The monoisotopic (exact) mass is 369 g/mol. The van der Waals surface area contributed by atoms with Crippen LogP contribution >= 0.6 is 0 Å². The average Bonchev–Trinajstić information content (AvgIpc) is 2.73. The van der Waals surface area contributed by atoms with Gasteiger partial charge in [0.15, 0.2) is 0 Å². The molecule has 1 amide bonds. The van der Waals surface area contributed by atoms with Gasteiger partial charge in [-0.2, -0.15) is 0 Å². The van der Waals surface area contributed by atoms with Gasteiger partial charge in [0.25, 0.3) is 0 Å². The number of carbonyl (C=O) groups is 1. The Hall–Kier alpha value is -2.73. The van der Waals surface area contributed by atoms with Crippen LogP contribution in [-0.2, 0) is 4.79 Å². The normalized spacial score (nSPS) is 15.9. The smallest absolute Gasteiger partial charge is 0.241 e. The molecule has 0 spiro atoms. The quantitative estimate of drug-likeness (QED) is 0.849. The van der Waals surface area contributed by atoms with Crippen molar-refractivity contribution in [3.05, 3.63) is 48.5 Å². The summed E-state index contributed by atoms with van der Waals surface area (Å²) >= 11 is 0. The van der Waals surface area contributed by atoms with E-state index >= 15 is 0 Å². The first kappa shape index (κ1) is 19.0. The second kappa shape index (κ2) is 8.77. The zero-order valence-corrected chi connectivity index (χ0v) is 16.1. The predicted molar refractivity (Wildman–Crippen MR) is 108 cm³/mol. The molecule has 27 heavy (non-hydrogen) atoms. The van der Waals surface area contributed by atoms with Crippen LogP contribution < -0.4 is 19.7 Å². The van der Waals surface area contributed by atoms with E-state index in [0.717, 1.165) is 49.1 Å². The highest BCUT2D eigenvalue weighted by Crippen LogP contribution is 2.28. The first-order chi connectivity index (χ1) is 13.1. The summed E-state index contributed by atoms with van der Waals surface area (Å²) in [6, 6.07) is 15.3. The van der Waals surface area contributed by atoms with Crippen molar-refractivity contribution in [2.75, 3.05) is 50.6 Å². The molecule has 0 aliphatic carbocycles. The fourth-order valence-corrected chi connectivity index (χ4v) is 3.35. The Balaban J connectivity index is 1.57. The molecule has 1 fully saturated rings. The van der Waals surface area contributed by atoms with Crippen LogP contribution in [-0.4, -0.2) is 57.2 Å². The van der Waals surface area contributed by atoms with Gasteiger partial charge in [0.1, 0.15) is 11.5 Å². The molecule has 1 aliphatic heterocycles. The van der Waals surface area contributed by atoms with E-state index in [9.17, 15) is 4.79 Å². The number of anilines is 2. The molecule has 6 heteroatoms. The summed E-state index contributed by atoms with van der Waals surface area (Å²) < 4.78 is 10.7. The van der Waals surface area contributed by atoms with Gasteiger partial charge in [-0.3, -0.25) is 9.69 Å². The topological polar surface area (TPSA) is 54.0 Å². The van der Waals surface area contributed by atoms with Crippen molar-refractivity contribution in [1.29, 1.82) is 0 Å². The van der Waals surface area contributed by atoms with Gasteiger partial charge in [-0.25, -0.2) is 0 Å². The summed E-state index contributed by atoms with van der Waals surface area (Å²) in [5.74, 6) is 1.61. The lowest BCUT2D eigenvalue weighted by Gasteiger charge is -2.38. The fraction of sp³-hybridized carbons (Fsp3) is 0.381. The maximum Gasteiger partial charge on any atom is 0.241 e. The number of piperazine rings is 1. The molecule has 0 unspecified atom stereocenters. The Morgan fingerprint density at radius 3 is 2.44 bits per heavy atom. The molecule has 0 aromatic heterocycles. The minimum absolute atomic E-state index is 0.00556. The van der Waals surface area contributed by atoms with Gasteiger partial charge in [-0.1, -0.05) is 18.2 Å². The summed E-state index contributed by atoms with van der Waals surface area (Å²) in [6.45, 7) is 5.32. The zero-order valence-electron chi connectivity index (χ0n) is 16.1. The van der Waals surface area contributed by atoms with Crippen molar-refractivity contribution in [1.82, 2.24) is 4.90 Å². The highest BCUT2D eigenvalue weighted by Gasteiger charge is 2.26. The molecular weight excluding hydrogens is 342 g/mol. The lowest BCUT2D eigenvalue weighted by molar-refractivity contribution is -0.120. The van der Waals surface area contributed by atoms with Crippen molar-refractivity contribution < 1.29 is 14.3 Å². The van der Waals surface area contributed by atoms with E-state index in [4.69, 9.17) is 9.47 Å². The number of hydrogen-bond donors (Lipinski definition) is 1. The average molecular weight is 369 g/mol. The van der Waals surface area contributed by atoms with E-state index in [1.54, 1.807) is 14.2 Å². The Labute approximate surface area is 160 Å². The van der Waals surface area contributed by atoms with Crippen LogP contribution in [0, 0.1) is 0 Å². The minimum atomic E-state index is -0.198. The Morgan fingerprint density at radius 2 is 1.74 bits per heavy atom. The van der Waals surface area contributed by atoms with Gasteiger partial charge in [-0.05, 0) is 31.2 Å². The number of benzene rings is 2. The Bertz CT molecular complexity index is 773. The van der Waals surface area contributed by atoms with Crippen LogP contribution in [0.5, 0.6) is 11.5 Å². The highest BCUT2D eigenvalue weighted by molar-refractivity contribution is 5.94. The Morgan fingerprint density at radius 1 is 1.00 bits per heavy atom. The molecule has 1 aliphatic rings. The van der Waals surface area contributed by atoms with E-state index in [1.165, 1.54) is 0 Å². The molecule has 1 N–H and O–H groups in total. The van der Waals surface area contributed by atoms with Gasteiger partial charge in [0.2, 0.25) is 5.91 Å². The summed E-state index contributed by atoms with van der Waals surface area (Å²) in [7, 11) is 3.31. The van der Waals surface area contributed by atoms with Crippen LogP contribution in [0.25, 0.3) is 0 Å². The van der Waals surface area contributed by atoms with Gasteiger partial charge < -0.3 is 19.7 Å². The van der Waals surface area contributed by atoms with E-state index in [2.05, 4.69) is 21.2 Å². The molecule has 0 bridgehead atoms. The van der Waals surface area contributed by atoms with E-state index < -0.39 is 0 Å². The van der Waals surface area contributed by atoms with Crippen LogP contribution in [0.4, 0.5) is 11.4 Å². The number of nitrogens with zero attached hydrogens (tertiary/aromatic N) is 2. The number of amides is 1. The molecule has 3 rings (SSSR count). The van der Waals surface area contributed by atoms with E-state index in [-0.39, 0.29) is 11.9 Å². The number of para-hydroxylation sites is 2.